The van der Waals surface area contributed by atoms with Gasteiger partial charge in [-0.2, -0.15) is 5.26 Å². The Morgan fingerprint density at radius 1 is 1.04 bits per heavy atom. The Morgan fingerprint density at radius 2 is 1.69 bits per heavy atom. The summed E-state index contributed by atoms with van der Waals surface area (Å²) >= 11 is 7.31. The summed E-state index contributed by atoms with van der Waals surface area (Å²) in [6.07, 6.45) is 1.61. The lowest BCUT2D eigenvalue weighted by Gasteiger charge is -2.03. The number of benzene rings is 2. The van der Waals surface area contributed by atoms with E-state index in [0.717, 1.165) is 4.90 Å². The second-order valence-electron chi connectivity index (χ2n) is 5.25. The summed E-state index contributed by atoms with van der Waals surface area (Å²) in [6, 6.07) is 19.0. The maximum absolute atomic E-state index is 10.8. The lowest BCUT2D eigenvalue weighted by atomic mass is 10.0. The van der Waals surface area contributed by atoms with E-state index in [1.807, 2.05) is 18.2 Å². The average molecular weight is 381 g/mol. The van der Waals surface area contributed by atoms with Crippen LogP contribution >= 0.6 is 23.4 Å². The van der Waals surface area contributed by atoms with Crippen LogP contribution in [0.15, 0.2) is 75.1 Å². The highest BCUT2D eigenvalue weighted by Crippen LogP contribution is 2.31. The van der Waals surface area contributed by atoms with Crippen LogP contribution in [0.25, 0.3) is 11.6 Å². The Hall–Kier alpha value is -2.94. The molecule has 0 fully saturated rings. The lowest BCUT2D eigenvalue weighted by Crippen LogP contribution is -2.21. The molecule has 0 spiro atoms. The van der Waals surface area contributed by atoms with Gasteiger partial charge in [0.15, 0.2) is 5.09 Å². The van der Waals surface area contributed by atoms with Crippen molar-refractivity contribution in [2.75, 3.05) is 0 Å². The van der Waals surface area contributed by atoms with Crippen LogP contribution in [0.1, 0.15) is 21.7 Å². The van der Waals surface area contributed by atoms with Crippen LogP contribution in [0.4, 0.5) is 0 Å². The van der Waals surface area contributed by atoms with E-state index in [2.05, 4.69) is 6.07 Å². The second-order valence-corrected chi connectivity index (χ2v) is 6.76. The molecule has 3 rings (SSSR count). The van der Waals surface area contributed by atoms with E-state index in [-0.39, 0.29) is 5.56 Å². The van der Waals surface area contributed by atoms with E-state index in [1.165, 1.54) is 23.9 Å². The van der Waals surface area contributed by atoms with E-state index in [0.29, 0.717) is 27.0 Å². The molecule has 0 aliphatic rings. The van der Waals surface area contributed by atoms with Gasteiger partial charge >= 0.3 is 0 Å². The number of carbonyl (C=O) groups is 1. The minimum atomic E-state index is -1.26. The number of carboxylic acids is 1. The number of rotatable bonds is 5. The predicted octanol–water partition coefficient (Wildman–Crippen LogP) is 4.51. The Bertz CT molecular complexity index is 999. The quantitative estimate of drug-likeness (QED) is 0.608. The lowest BCUT2D eigenvalue weighted by molar-refractivity contribution is -0.255. The third kappa shape index (κ3) is 4.37. The molecule has 3 aromatic rings. The highest BCUT2D eigenvalue weighted by molar-refractivity contribution is 7.99. The Kier molecular flexibility index (Phi) is 5.47. The maximum atomic E-state index is 10.8. The largest absolute Gasteiger partial charge is 0.545 e. The summed E-state index contributed by atoms with van der Waals surface area (Å²) in [5, 5.41) is 21.5. The molecule has 0 radical (unpaired) electrons. The number of allylic oxidation sites excluding steroid dienone is 1. The van der Waals surface area contributed by atoms with Gasteiger partial charge in [0, 0.05) is 9.92 Å². The molecular weight excluding hydrogens is 370 g/mol. The molecule has 4 nitrogen and oxygen atoms in total. The van der Waals surface area contributed by atoms with Crippen molar-refractivity contribution in [3.8, 4) is 6.07 Å². The minimum Gasteiger partial charge on any atom is -0.545 e. The fourth-order valence-corrected chi connectivity index (χ4v) is 3.10. The predicted molar refractivity (Wildman–Crippen MR) is 98.5 cm³/mol. The van der Waals surface area contributed by atoms with E-state index in [9.17, 15) is 15.2 Å². The van der Waals surface area contributed by atoms with Crippen LogP contribution in [0.5, 0.6) is 0 Å². The van der Waals surface area contributed by atoms with Crippen molar-refractivity contribution in [2.24, 2.45) is 0 Å². The minimum absolute atomic E-state index is 0.0608. The molecule has 0 N–H and O–H groups in total. The summed E-state index contributed by atoms with van der Waals surface area (Å²) in [7, 11) is 0. The van der Waals surface area contributed by atoms with E-state index < -0.39 is 5.97 Å². The van der Waals surface area contributed by atoms with Gasteiger partial charge in [-0.3, -0.25) is 0 Å². The van der Waals surface area contributed by atoms with Crippen LogP contribution in [-0.4, -0.2) is 5.97 Å². The van der Waals surface area contributed by atoms with E-state index >= 15 is 0 Å². The fraction of sp³-hybridized carbons (Fsp3) is 0. The third-order valence-electron chi connectivity index (χ3n) is 3.47. The Balaban J connectivity index is 1.79. The van der Waals surface area contributed by atoms with Crippen LogP contribution in [0, 0.1) is 11.3 Å². The van der Waals surface area contributed by atoms with Crippen LogP contribution in [0.2, 0.25) is 5.02 Å². The van der Waals surface area contributed by atoms with Crippen molar-refractivity contribution >= 4 is 41.0 Å². The van der Waals surface area contributed by atoms with Gasteiger partial charge in [0.25, 0.3) is 0 Å². The van der Waals surface area contributed by atoms with E-state index in [4.69, 9.17) is 16.0 Å². The van der Waals surface area contributed by atoms with Gasteiger partial charge in [0.1, 0.15) is 5.76 Å². The van der Waals surface area contributed by atoms with Crippen molar-refractivity contribution < 1.29 is 14.3 Å². The molecule has 128 valence electrons. The van der Waals surface area contributed by atoms with Gasteiger partial charge in [-0.1, -0.05) is 47.6 Å². The van der Waals surface area contributed by atoms with Crippen LogP contribution in [0.3, 0.4) is 0 Å². The topological polar surface area (TPSA) is 77.1 Å². The first-order chi connectivity index (χ1) is 12.5. The number of furan rings is 1. The highest BCUT2D eigenvalue weighted by atomic mass is 35.5. The zero-order valence-electron chi connectivity index (χ0n) is 13.3. The molecule has 1 aromatic heterocycles. The zero-order valence-corrected chi connectivity index (χ0v) is 14.9. The number of halogens is 1. The molecule has 0 aliphatic heterocycles. The summed E-state index contributed by atoms with van der Waals surface area (Å²) in [5.74, 6) is -0.726. The van der Waals surface area contributed by atoms with Gasteiger partial charge in [-0.05, 0) is 53.6 Å². The van der Waals surface area contributed by atoms with Crippen molar-refractivity contribution in [3.63, 3.8) is 0 Å². The molecule has 6 heteroatoms. The Morgan fingerprint density at radius 3 is 2.31 bits per heavy atom. The summed E-state index contributed by atoms with van der Waals surface area (Å²) < 4.78 is 5.73. The van der Waals surface area contributed by atoms with Crippen molar-refractivity contribution in [2.45, 2.75) is 9.99 Å². The summed E-state index contributed by atoms with van der Waals surface area (Å²) in [6.45, 7) is 0. The van der Waals surface area contributed by atoms with Crippen LogP contribution < -0.4 is 5.11 Å². The van der Waals surface area contributed by atoms with Crippen LogP contribution in [-0.2, 0) is 0 Å². The van der Waals surface area contributed by atoms with Crippen molar-refractivity contribution in [1.29, 1.82) is 5.26 Å². The van der Waals surface area contributed by atoms with Gasteiger partial charge in [0.2, 0.25) is 0 Å². The molecule has 0 saturated heterocycles. The first-order valence-corrected chi connectivity index (χ1v) is 8.71. The number of nitrogens with zero attached hydrogens (tertiary/aromatic N) is 1. The Labute approximate surface area is 159 Å². The summed E-state index contributed by atoms with van der Waals surface area (Å²) in [5.41, 5.74) is 1.03. The maximum Gasteiger partial charge on any atom is 0.165 e. The highest BCUT2D eigenvalue weighted by Gasteiger charge is 2.06. The normalized spacial score (nSPS) is 11.2. The standard InChI is InChI=1S/C20H12ClNO3S/c21-16-5-8-18(9-6-16)26-19-10-7-17(25-19)11-15(12-22)13-1-3-14(4-2-13)20(23)24/h1-11H,(H,23,24)/p-1/b15-11+. The zero-order chi connectivity index (χ0) is 18.5. The van der Waals surface area contributed by atoms with Gasteiger partial charge in [-0.25, -0.2) is 0 Å². The SMILES string of the molecule is N#C/C(=C\c1ccc(Sc2ccc(Cl)cc2)o1)c1ccc(C(=O)[O-])cc1. The van der Waals surface area contributed by atoms with Crippen molar-refractivity contribution in [1.82, 2.24) is 0 Å². The number of hydrogen-bond donors (Lipinski definition) is 0. The van der Waals surface area contributed by atoms with Gasteiger partial charge in [-0.15, -0.1) is 0 Å². The fourth-order valence-electron chi connectivity index (χ4n) is 2.19. The molecule has 26 heavy (non-hydrogen) atoms. The summed E-state index contributed by atoms with van der Waals surface area (Å²) in [4.78, 5) is 11.8. The number of nitriles is 1. The number of aromatic carboxylic acids is 1. The molecule has 0 unspecified atom stereocenters. The molecule has 2 aromatic carbocycles. The second kappa shape index (κ2) is 7.96. The molecule has 0 bridgehead atoms. The molecule has 0 atom stereocenters. The first kappa shape index (κ1) is 17.9. The van der Waals surface area contributed by atoms with Gasteiger partial charge < -0.3 is 14.3 Å². The molecule has 0 amide bonds. The monoisotopic (exact) mass is 380 g/mol. The molecule has 0 saturated carbocycles. The smallest absolute Gasteiger partial charge is 0.165 e. The third-order valence-corrected chi connectivity index (χ3v) is 4.65. The number of hydrogen-bond acceptors (Lipinski definition) is 5. The number of carbonyl (C=O) groups excluding carboxylic acids is 1. The molecule has 0 aliphatic carbocycles. The van der Waals surface area contributed by atoms with Crippen molar-refractivity contribution in [3.05, 3.63) is 82.6 Å². The van der Waals surface area contributed by atoms with Gasteiger partial charge in [0.05, 0.1) is 17.6 Å². The van der Waals surface area contributed by atoms with E-state index in [1.54, 1.807) is 36.4 Å². The molecular formula is C20H11ClNO3S-. The first-order valence-electron chi connectivity index (χ1n) is 7.52. The average Bonchev–Trinajstić information content (AvgIpc) is 3.09. The molecule has 1 heterocycles. The number of carboxylic acid groups (broad SMARTS) is 1.